The maximum Gasteiger partial charge on any atom is 0.291 e. The normalized spacial score (nSPS) is 20.1. The van der Waals surface area contributed by atoms with Gasteiger partial charge in [0, 0.05) is 12.0 Å². The quantitative estimate of drug-likeness (QED) is 0.519. The van der Waals surface area contributed by atoms with Gasteiger partial charge in [-0.3, -0.25) is 14.4 Å². The minimum absolute atomic E-state index is 0.0630. The molecular weight excluding hydrogens is 377 g/mol. The predicted molar refractivity (Wildman–Crippen MR) is 111 cm³/mol. The van der Waals surface area contributed by atoms with Gasteiger partial charge in [0.25, 0.3) is 5.91 Å². The second-order valence-electron chi connectivity index (χ2n) is 8.23. The Morgan fingerprint density at radius 2 is 1.93 bits per heavy atom. The highest BCUT2D eigenvalue weighted by molar-refractivity contribution is 7.96. The maximum atomic E-state index is 13.8. The van der Waals surface area contributed by atoms with Crippen LogP contribution in [0, 0.1) is 17.2 Å². The van der Waals surface area contributed by atoms with Crippen LogP contribution in [0.3, 0.4) is 0 Å². The van der Waals surface area contributed by atoms with E-state index in [1.165, 1.54) is 11.0 Å². The number of amides is 1. The molecule has 0 bridgehead atoms. The lowest BCUT2D eigenvalue weighted by Crippen LogP contribution is -2.55. The van der Waals surface area contributed by atoms with E-state index in [9.17, 15) is 18.8 Å². The number of Topliss-reactive ketones (excluding diaryl/α,β-unsaturated/α-hetero) is 1. The molecule has 28 heavy (non-hydrogen) atoms. The molecule has 1 aliphatic rings. The van der Waals surface area contributed by atoms with Gasteiger partial charge in [-0.15, -0.1) is 12.6 Å². The van der Waals surface area contributed by atoms with Crippen molar-refractivity contribution in [2.24, 2.45) is 11.3 Å². The van der Waals surface area contributed by atoms with Crippen molar-refractivity contribution in [2.45, 2.75) is 65.3 Å². The Morgan fingerprint density at radius 3 is 2.54 bits per heavy atom. The lowest BCUT2D eigenvalue weighted by molar-refractivity contribution is -0.153. The number of aryl methyl sites for hydroxylation is 1. The van der Waals surface area contributed by atoms with E-state index < -0.39 is 23.1 Å². The number of thiol groups is 1. The molecule has 1 aromatic rings. The lowest BCUT2D eigenvalue weighted by Gasteiger charge is -2.40. The Hall–Kier alpha value is -1.69. The third-order valence-electron chi connectivity index (χ3n) is 5.94. The summed E-state index contributed by atoms with van der Waals surface area (Å²) >= 11 is 4.02. The summed E-state index contributed by atoms with van der Waals surface area (Å²) in [6, 6.07) is 5.98. The first kappa shape index (κ1) is 22.6. The lowest BCUT2D eigenvalue weighted by atomic mass is 9.82. The van der Waals surface area contributed by atoms with E-state index in [1.807, 2.05) is 6.92 Å². The van der Waals surface area contributed by atoms with Crippen molar-refractivity contribution in [3.05, 3.63) is 35.6 Å². The Labute approximate surface area is 172 Å². The van der Waals surface area contributed by atoms with Crippen LogP contribution in [0.4, 0.5) is 4.39 Å². The van der Waals surface area contributed by atoms with Gasteiger partial charge in [-0.2, -0.15) is 0 Å². The van der Waals surface area contributed by atoms with Gasteiger partial charge in [0.1, 0.15) is 11.9 Å². The van der Waals surface area contributed by atoms with Crippen LogP contribution in [-0.2, 0) is 20.8 Å². The van der Waals surface area contributed by atoms with Gasteiger partial charge < -0.3 is 4.90 Å². The van der Waals surface area contributed by atoms with Gasteiger partial charge in [0.05, 0.1) is 0 Å². The van der Waals surface area contributed by atoms with Gasteiger partial charge >= 0.3 is 0 Å². The van der Waals surface area contributed by atoms with Crippen molar-refractivity contribution >= 4 is 29.4 Å². The van der Waals surface area contributed by atoms with E-state index in [2.05, 4.69) is 12.6 Å². The molecule has 0 aliphatic carbocycles. The van der Waals surface area contributed by atoms with Gasteiger partial charge in [0.2, 0.25) is 10.9 Å². The number of hydrogen-bond acceptors (Lipinski definition) is 3. The summed E-state index contributed by atoms with van der Waals surface area (Å²) in [5, 5.41) is -0.383. The van der Waals surface area contributed by atoms with E-state index in [0.717, 1.165) is 12.8 Å². The fourth-order valence-electron chi connectivity index (χ4n) is 3.78. The van der Waals surface area contributed by atoms with E-state index in [0.29, 0.717) is 37.8 Å². The number of nitrogens with zero attached hydrogens (tertiary/aromatic N) is 1. The molecule has 0 aromatic heterocycles. The van der Waals surface area contributed by atoms with Crippen molar-refractivity contribution in [3.63, 3.8) is 0 Å². The van der Waals surface area contributed by atoms with Crippen molar-refractivity contribution in [3.8, 4) is 0 Å². The minimum Gasteiger partial charge on any atom is -0.325 e. The second kappa shape index (κ2) is 9.68. The number of likely N-dealkylation sites (tertiary alicyclic amines) is 1. The number of piperidine rings is 1. The molecule has 2 rings (SSSR count). The molecule has 154 valence electrons. The number of halogens is 1. The average molecular weight is 408 g/mol. The molecule has 4 nitrogen and oxygen atoms in total. The first-order chi connectivity index (χ1) is 13.2. The second-order valence-corrected chi connectivity index (χ2v) is 8.67. The van der Waals surface area contributed by atoms with Crippen LogP contribution in [-0.4, -0.2) is 34.3 Å². The number of ketones is 1. The summed E-state index contributed by atoms with van der Waals surface area (Å²) < 4.78 is 13.8. The van der Waals surface area contributed by atoms with Crippen molar-refractivity contribution in [1.29, 1.82) is 0 Å². The molecular formula is C22H30FNO3S. The topological polar surface area (TPSA) is 54.5 Å². The Kier molecular flexibility index (Phi) is 7.81. The van der Waals surface area contributed by atoms with Crippen molar-refractivity contribution in [2.75, 3.05) is 6.54 Å². The molecule has 6 heteroatoms. The summed E-state index contributed by atoms with van der Waals surface area (Å²) in [4.78, 5) is 39.2. The summed E-state index contributed by atoms with van der Waals surface area (Å²) in [7, 11) is 0. The third-order valence-corrected chi connectivity index (χ3v) is 6.21. The highest BCUT2D eigenvalue weighted by Gasteiger charge is 2.42. The van der Waals surface area contributed by atoms with Crippen LogP contribution in [0.5, 0.6) is 0 Å². The van der Waals surface area contributed by atoms with Crippen LogP contribution in [0.1, 0.15) is 58.4 Å². The summed E-state index contributed by atoms with van der Waals surface area (Å²) in [6.07, 6.45) is 4.06. The molecule has 0 spiro atoms. The highest BCUT2D eigenvalue weighted by Crippen LogP contribution is 2.32. The highest BCUT2D eigenvalue weighted by atomic mass is 32.1. The molecule has 0 radical (unpaired) electrons. The predicted octanol–water partition coefficient (Wildman–Crippen LogP) is 4.22. The monoisotopic (exact) mass is 407 g/mol. The standard InChI is InChI=1S/C22H30FNO3S/c1-4-22(2,3)19(25)20(26)24-14-8-12-16(18(24)21(27)28)11-7-10-15-9-5-6-13-17(15)23/h5-6,9,13,16,18H,4,7-8,10-12,14H2,1-3H3,(H,27,28). The zero-order valence-electron chi connectivity index (χ0n) is 16.9. The zero-order valence-corrected chi connectivity index (χ0v) is 17.8. The SMILES string of the molecule is CCC(C)(C)C(=O)C(=O)N1CCCC(CCCc2ccccc2F)C1C(=O)S. The van der Waals surface area contributed by atoms with Crippen LogP contribution in [0.15, 0.2) is 24.3 Å². The molecule has 1 aromatic carbocycles. The molecule has 2 unspecified atom stereocenters. The van der Waals surface area contributed by atoms with E-state index in [4.69, 9.17) is 0 Å². The number of benzene rings is 1. The van der Waals surface area contributed by atoms with E-state index >= 15 is 0 Å². The van der Waals surface area contributed by atoms with Gasteiger partial charge in [-0.1, -0.05) is 39.0 Å². The van der Waals surface area contributed by atoms with Crippen LogP contribution in [0.25, 0.3) is 0 Å². The Morgan fingerprint density at radius 1 is 1.25 bits per heavy atom. The fraction of sp³-hybridized carbons (Fsp3) is 0.591. The maximum absolute atomic E-state index is 13.8. The fourth-order valence-corrected chi connectivity index (χ4v) is 4.13. The third kappa shape index (κ3) is 5.22. The van der Waals surface area contributed by atoms with Gasteiger partial charge in [-0.05, 0) is 56.1 Å². The van der Waals surface area contributed by atoms with Crippen LogP contribution >= 0.6 is 12.6 Å². The van der Waals surface area contributed by atoms with Crippen molar-refractivity contribution in [1.82, 2.24) is 4.90 Å². The van der Waals surface area contributed by atoms with E-state index in [1.54, 1.807) is 32.0 Å². The molecule has 1 aliphatic heterocycles. The molecule has 1 saturated heterocycles. The smallest absolute Gasteiger partial charge is 0.291 e. The minimum atomic E-state index is -0.751. The Balaban J connectivity index is 2.08. The zero-order chi connectivity index (χ0) is 20.9. The molecule has 0 saturated carbocycles. The first-order valence-electron chi connectivity index (χ1n) is 10.0. The average Bonchev–Trinajstić information content (AvgIpc) is 2.67. The summed E-state index contributed by atoms with van der Waals surface area (Å²) in [5.74, 6) is -1.33. The summed E-state index contributed by atoms with van der Waals surface area (Å²) in [6.45, 7) is 5.76. The first-order valence-corrected chi connectivity index (χ1v) is 10.5. The molecule has 0 N–H and O–H groups in total. The number of hydrogen-bond donors (Lipinski definition) is 1. The molecule has 1 amide bonds. The van der Waals surface area contributed by atoms with E-state index in [-0.39, 0.29) is 16.9 Å². The van der Waals surface area contributed by atoms with Crippen LogP contribution < -0.4 is 0 Å². The molecule has 1 heterocycles. The number of carbonyl (C=O) groups is 3. The number of carbonyl (C=O) groups excluding carboxylic acids is 3. The van der Waals surface area contributed by atoms with Crippen LogP contribution in [0.2, 0.25) is 0 Å². The van der Waals surface area contributed by atoms with Gasteiger partial charge in [-0.25, -0.2) is 4.39 Å². The number of rotatable bonds is 8. The molecule has 1 fully saturated rings. The summed E-state index contributed by atoms with van der Waals surface area (Å²) in [5.41, 5.74) is -0.0983. The van der Waals surface area contributed by atoms with Crippen molar-refractivity contribution < 1.29 is 18.8 Å². The Bertz CT molecular complexity index is 734. The largest absolute Gasteiger partial charge is 0.325 e. The molecule has 2 atom stereocenters. The van der Waals surface area contributed by atoms with Gasteiger partial charge in [0.15, 0.2) is 0 Å².